The third kappa shape index (κ3) is 2.59. The van der Waals surface area contributed by atoms with Crippen LogP contribution in [0.2, 0.25) is 0 Å². The van der Waals surface area contributed by atoms with Gasteiger partial charge in [0.2, 0.25) is 0 Å². The number of nitrogens with zero attached hydrogens (tertiary/aromatic N) is 1. The summed E-state index contributed by atoms with van der Waals surface area (Å²) in [6.07, 6.45) is 6.14. The van der Waals surface area contributed by atoms with E-state index < -0.39 is 0 Å². The molecule has 5 atom stereocenters. The molecule has 2 aliphatic heterocycles. The Bertz CT molecular complexity index is 343. The van der Waals surface area contributed by atoms with E-state index in [0.29, 0.717) is 29.7 Å². The zero-order valence-corrected chi connectivity index (χ0v) is 12.2. The summed E-state index contributed by atoms with van der Waals surface area (Å²) in [4.78, 5) is 14.9. The molecule has 2 bridgehead atoms. The minimum atomic E-state index is -0.103. The van der Waals surface area contributed by atoms with Gasteiger partial charge in [0.1, 0.15) is 5.78 Å². The molecule has 0 spiro atoms. The van der Waals surface area contributed by atoms with E-state index in [2.05, 4.69) is 18.7 Å². The van der Waals surface area contributed by atoms with E-state index in [-0.39, 0.29) is 12.0 Å². The average Bonchev–Trinajstić information content (AvgIpc) is 2.55. The van der Waals surface area contributed by atoms with Gasteiger partial charge in [0.05, 0.1) is 6.10 Å². The monoisotopic (exact) mass is 265 g/mol. The van der Waals surface area contributed by atoms with Crippen molar-refractivity contribution >= 4 is 5.78 Å². The Morgan fingerprint density at radius 1 is 1.16 bits per heavy atom. The molecule has 5 unspecified atom stereocenters. The van der Waals surface area contributed by atoms with E-state index in [1.165, 1.54) is 19.3 Å². The van der Waals surface area contributed by atoms with Crippen molar-refractivity contribution in [2.45, 2.75) is 70.6 Å². The lowest BCUT2D eigenvalue weighted by molar-refractivity contribution is -0.129. The first-order valence-electron chi connectivity index (χ1n) is 8.01. The summed E-state index contributed by atoms with van der Waals surface area (Å²) in [5.41, 5.74) is 0. The number of fused-ring (bicyclic) bond motifs is 2. The van der Waals surface area contributed by atoms with Gasteiger partial charge in [0, 0.05) is 31.0 Å². The quantitative estimate of drug-likeness (QED) is 0.832. The van der Waals surface area contributed by atoms with Gasteiger partial charge in [0.15, 0.2) is 0 Å². The van der Waals surface area contributed by atoms with Gasteiger partial charge in [-0.3, -0.25) is 9.69 Å². The van der Waals surface area contributed by atoms with Crippen LogP contribution in [0.15, 0.2) is 0 Å². The van der Waals surface area contributed by atoms with E-state index in [1.807, 2.05) is 0 Å². The molecule has 0 radical (unpaired) electrons. The Kier molecular flexibility index (Phi) is 3.69. The summed E-state index contributed by atoms with van der Waals surface area (Å²) in [5.74, 6) is 1.83. The lowest BCUT2D eigenvalue weighted by atomic mass is 9.74. The van der Waals surface area contributed by atoms with Crippen LogP contribution >= 0.6 is 0 Å². The standard InChI is InChI=1S/C16H27NO2/c1-10-5-11(2)15(16(19)6-10)9-17-12-3-4-13(17)8-14(18)7-12/h10-15,18H,3-9H2,1-2H3. The lowest BCUT2D eigenvalue weighted by Gasteiger charge is -2.41. The number of aliphatic hydroxyl groups excluding tert-OH is 1. The van der Waals surface area contributed by atoms with E-state index in [0.717, 1.165) is 25.8 Å². The molecule has 3 fully saturated rings. The molecule has 3 rings (SSSR count). The minimum Gasteiger partial charge on any atom is -0.393 e. The van der Waals surface area contributed by atoms with Crippen LogP contribution in [0.1, 0.15) is 52.4 Å². The number of carbonyl (C=O) groups excluding carboxylic acids is 1. The molecule has 1 aliphatic carbocycles. The largest absolute Gasteiger partial charge is 0.393 e. The number of hydrogen-bond acceptors (Lipinski definition) is 3. The highest BCUT2D eigenvalue weighted by Crippen LogP contribution is 2.39. The van der Waals surface area contributed by atoms with Crippen LogP contribution in [0.25, 0.3) is 0 Å². The Hall–Kier alpha value is -0.410. The van der Waals surface area contributed by atoms with Crippen molar-refractivity contribution in [1.29, 1.82) is 0 Å². The third-order valence-corrected chi connectivity index (χ3v) is 5.69. The maximum absolute atomic E-state index is 12.3. The van der Waals surface area contributed by atoms with Crippen LogP contribution in [-0.2, 0) is 4.79 Å². The Morgan fingerprint density at radius 3 is 2.37 bits per heavy atom. The second-order valence-electron chi connectivity index (χ2n) is 7.30. The van der Waals surface area contributed by atoms with Crippen molar-refractivity contribution in [3.05, 3.63) is 0 Å². The first-order valence-corrected chi connectivity index (χ1v) is 8.01. The Labute approximate surface area is 116 Å². The number of hydrogen-bond donors (Lipinski definition) is 1. The van der Waals surface area contributed by atoms with Crippen LogP contribution in [0.3, 0.4) is 0 Å². The zero-order valence-electron chi connectivity index (χ0n) is 12.2. The normalized spacial score (nSPS) is 47.6. The highest BCUT2D eigenvalue weighted by atomic mass is 16.3. The topological polar surface area (TPSA) is 40.5 Å². The summed E-state index contributed by atoms with van der Waals surface area (Å²) in [7, 11) is 0. The number of aliphatic hydroxyl groups is 1. The summed E-state index contributed by atoms with van der Waals surface area (Å²) >= 11 is 0. The van der Waals surface area contributed by atoms with Gasteiger partial charge in [-0.15, -0.1) is 0 Å². The molecule has 0 aromatic heterocycles. The zero-order chi connectivity index (χ0) is 13.6. The predicted molar refractivity (Wildman–Crippen MR) is 74.8 cm³/mol. The van der Waals surface area contributed by atoms with Gasteiger partial charge in [-0.2, -0.15) is 0 Å². The SMILES string of the molecule is CC1CC(=O)C(CN2C3CCC2CC(O)C3)C(C)C1. The molecule has 0 aromatic carbocycles. The fourth-order valence-corrected chi connectivity index (χ4v) is 4.75. The number of carbonyl (C=O) groups is 1. The molecule has 0 amide bonds. The summed E-state index contributed by atoms with van der Waals surface area (Å²) in [6.45, 7) is 5.40. The van der Waals surface area contributed by atoms with Gasteiger partial charge < -0.3 is 5.11 Å². The molecule has 3 aliphatic rings. The van der Waals surface area contributed by atoms with Crippen LogP contribution in [0.4, 0.5) is 0 Å². The summed E-state index contributed by atoms with van der Waals surface area (Å²) in [6, 6.07) is 1.07. The van der Waals surface area contributed by atoms with Crippen LogP contribution in [0, 0.1) is 17.8 Å². The second-order valence-corrected chi connectivity index (χ2v) is 7.30. The number of ketones is 1. The van der Waals surface area contributed by atoms with Gasteiger partial charge in [-0.1, -0.05) is 13.8 Å². The molecule has 1 N–H and O–H groups in total. The van der Waals surface area contributed by atoms with Gasteiger partial charge in [0.25, 0.3) is 0 Å². The van der Waals surface area contributed by atoms with Crippen molar-refractivity contribution in [3.63, 3.8) is 0 Å². The highest BCUT2D eigenvalue weighted by Gasteiger charge is 2.43. The molecule has 0 aromatic rings. The molecule has 2 saturated heterocycles. The van der Waals surface area contributed by atoms with Crippen LogP contribution in [0.5, 0.6) is 0 Å². The summed E-state index contributed by atoms with van der Waals surface area (Å²) < 4.78 is 0. The van der Waals surface area contributed by atoms with Gasteiger partial charge in [-0.25, -0.2) is 0 Å². The predicted octanol–water partition coefficient (Wildman–Crippen LogP) is 2.23. The fourth-order valence-electron chi connectivity index (χ4n) is 4.75. The second kappa shape index (κ2) is 5.17. The minimum absolute atomic E-state index is 0.103. The third-order valence-electron chi connectivity index (χ3n) is 5.69. The molecule has 2 heterocycles. The van der Waals surface area contributed by atoms with Crippen molar-refractivity contribution in [2.24, 2.45) is 17.8 Å². The molecule has 1 saturated carbocycles. The average molecular weight is 265 g/mol. The van der Waals surface area contributed by atoms with Crippen molar-refractivity contribution in [2.75, 3.05) is 6.54 Å². The number of Topliss-reactive ketones (excluding diaryl/α,β-unsaturated/α-hetero) is 1. The Morgan fingerprint density at radius 2 is 1.79 bits per heavy atom. The van der Waals surface area contributed by atoms with E-state index in [1.54, 1.807) is 0 Å². The number of rotatable bonds is 2. The molecule has 19 heavy (non-hydrogen) atoms. The first-order chi connectivity index (χ1) is 9.04. The lowest BCUT2D eigenvalue weighted by Crippen LogP contribution is -2.49. The smallest absolute Gasteiger partial charge is 0.137 e. The van der Waals surface area contributed by atoms with Gasteiger partial charge in [-0.05, 0) is 43.9 Å². The molecule has 3 nitrogen and oxygen atoms in total. The van der Waals surface area contributed by atoms with Crippen molar-refractivity contribution < 1.29 is 9.90 Å². The van der Waals surface area contributed by atoms with E-state index in [4.69, 9.17) is 0 Å². The van der Waals surface area contributed by atoms with E-state index >= 15 is 0 Å². The highest BCUT2D eigenvalue weighted by molar-refractivity contribution is 5.82. The van der Waals surface area contributed by atoms with E-state index in [9.17, 15) is 9.90 Å². The maximum Gasteiger partial charge on any atom is 0.137 e. The first kappa shape index (κ1) is 13.6. The fraction of sp³-hybridized carbons (Fsp3) is 0.938. The van der Waals surface area contributed by atoms with Crippen molar-refractivity contribution in [3.8, 4) is 0 Å². The Balaban J connectivity index is 1.67. The molecular formula is C16H27NO2. The van der Waals surface area contributed by atoms with Crippen LogP contribution in [-0.4, -0.2) is 40.5 Å². The van der Waals surface area contributed by atoms with Crippen LogP contribution < -0.4 is 0 Å². The van der Waals surface area contributed by atoms with Gasteiger partial charge >= 0.3 is 0 Å². The number of piperidine rings is 1. The van der Waals surface area contributed by atoms with Crippen molar-refractivity contribution in [1.82, 2.24) is 4.90 Å². The molecule has 3 heteroatoms. The molecule has 108 valence electrons. The maximum atomic E-state index is 12.3. The molecular weight excluding hydrogens is 238 g/mol. The summed E-state index contributed by atoms with van der Waals surface area (Å²) in [5, 5.41) is 9.86.